The third-order valence-electron chi connectivity index (χ3n) is 2.54. The van der Waals surface area contributed by atoms with Crippen molar-refractivity contribution in [2.45, 2.75) is 19.9 Å². The quantitative estimate of drug-likeness (QED) is 0.843. The summed E-state index contributed by atoms with van der Waals surface area (Å²) in [7, 11) is 0. The number of hydrogen-bond acceptors (Lipinski definition) is 1. The Morgan fingerprint density at radius 1 is 1.12 bits per heavy atom. The van der Waals surface area contributed by atoms with Gasteiger partial charge in [-0.15, -0.1) is 0 Å². The van der Waals surface area contributed by atoms with Crippen LogP contribution in [0.1, 0.15) is 24.2 Å². The summed E-state index contributed by atoms with van der Waals surface area (Å²) >= 11 is 0. The van der Waals surface area contributed by atoms with Crippen molar-refractivity contribution in [3.05, 3.63) is 42.0 Å². The van der Waals surface area contributed by atoms with Gasteiger partial charge in [0.15, 0.2) is 5.75 Å². The van der Waals surface area contributed by atoms with E-state index in [1.807, 2.05) is 26.0 Å². The summed E-state index contributed by atoms with van der Waals surface area (Å²) in [4.78, 5) is 11.8. The lowest BCUT2D eigenvalue weighted by atomic mass is 10.0. The molecule has 17 heavy (non-hydrogen) atoms. The molecule has 0 saturated heterocycles. The summed E-state index contributed by atoms with van der Waals surface area (Å²) < 4.78 is 0. The molecule has 0 bridgehead atoms. The first-order valence-corrected chi connectivity index (χ1v) is 5.59. The van der Waals surface area contributed by atoms with E-state index in [9.17, 15) is 9.90 Å². The van der Waals surface area contributed by atoms with Crippen LogP contribution in [0.3, 0.4) is 0 Å². The molecule has 1 N–H and O–H groups in total. The minimum absolute atomic E-state index is 0.0216. The lowest BCUT2D eigenvalue weighted by Crippen LogP contribution is -2.30. The Kier molecular flexibility index (Phi) is 3.00. The molecule has 3 nitrogen and oxygen atoms in total. The Labute approximate surface area is 100 Å². The molecule has 0 aliphatic rings. The highest BCUT2D eigenvalue weighted by molar-refractivity contribution is 6.03. The second-order valence-electron chi connectivity index (χ2n) is 4.29. The van der Waals surface area contributed by atoms with Gasteiger partial charge in [0.05, 0.1) is 5.56 Å². The van der Waals surface area contributed by atoms with Crippen molar-refractivity contribution >= 4 is 16.7 Å². The first-order chi connectivity index (χ1) is 8.09. The van der Waals surface area contributed by atoms with Crippen molar-refractivity contribution in [3.63, 3.8) is 0 Å². The van der Waals surface area contributed by atoms with Gasteiger partial charge in [-0.3, -0.25) is 9.90 Å². The van der Waals surface area contributed by atoms with Gasteiger partial charge in [-0.05, 0) is 25.3 Å². The van der Waals surface area contributed by atoms with E-state index in [1.54, 1.807) is 24.3 Å². The molecule has 87 valence electrons. The van der Waals surface area contributed by atoms with Crippen LogP contribution in [0.2, 0.25) is 0 Å². The monoisotopic (exact) mass is 228 g/mol. The fraction of sp³-hybridized carbons (Fsp3) is 0.214. The SMILES string of the molecule is CC(C)NC(=O)c1ccc2ccccc2c1[O]. The molecule has 0 fully saturated rings. The largest absolute Gasteiger partial charge is 0.350 e. The summed E-state index contributed by atoms with van der Waals surface area (Å²) in [5.74, 6) is -0.517. The molecule has 1 radical (unpaired) electrons. The molecule has 0 aromatic heterocycles. The van der Waals surface area contributed by atoms with Crippen LogP contribution in [-0.4, -0.2) is 11.9 Å². The predicted molar refractivity (Wildman–Crippen MR) is 66.7 cm³/mol. The number of rotatable bonds is 2. The number of hydrogen-bond donors (Lipinski definition) is 1. The number of carbonyl (C=O) groups excluding carboxylic acids is 1. The molecular formula is C14H14NO2. The van der Waals surface area contributed by atoms with E-state index >= 15 is 0 Å². The summed E-state index contributed by atoms with van der Waals surface area (Å²) in [6.07, 6.45) is 0. The van der Waals surface area contributed by atoms with Crippen LogP contribution in [0.5, 0.6) is 5.75 Å². The van der Waals surface area contributed by atoms with Gasteiger partial charge in [0.25, 0.3) is 5.91 Å². The highest BCUT2D eigenvalue weighted by Gasteiger charge is 2.15. The van der Waals surface area contributed by atoms with Gasteiger partial charge in [-0.25, -0.2) is 0 Å². The van der Waals surface area contributed by atoms with Gasteiger partial charge in [0.1, 0.15) is 0 Å². The maximum atomic E-state index is 12.1. The zero-order valence-corrected chi connectivity index (χ0v) is 9.86. The van der Waals surface area contributed by atoms with Gasteiger partial charge in [0.2, 0.25) is 0 Å². The van der Waals surface area contributed by atoms with Crippen LogP contribution in [0.25, 0.3) is 10.8 Å². The highest BCUT2D eigenvalue weighted by atomic mass is 16.3. The molecule has 0 unspecified atom stereocenters. The fourth-order valence-corrected chi connectivity index (χ4v) is 1.76. The standard InChI is InChI=1S/C14H14NO2/c1-9(2)15-14(17)12-8-7-10-5-3-4-6-11(10)13(12)16/h3-9H,1-2H3,(H,15,17). The fourth-order valence-electron chi connectivity index (χ4n) is 1.76. The van der Waals surface area contributed by atoms with E-state index in [0.717, 1.165) is 5.39 Å². The minimum Gasteiger partial charge on any atom is -0.350 e. The van der Waals surface area contributed by atoms with Crippen LogP contribution < -0.4 is 5.32 Å². The van der Waals surface area contributed by atoms with Gasteiger partial charge < -0.3 is 5.32 Å². The second kappa shape index (κ2) is 4.45. The van der Waals surface area contributed by atoms with E-state index in [-0.39, 0.29) is 23.3 Å². The number of benzene rings is 2. The predicted octanol–water partition coefficient (Wildman–Crippen LogP) is 3.12. The minimum atomic E-state index is -0.309. The van der Waals surface area contributed by atoms with Gasteiger partial charge in [0, 0.05) is 11.4 Å². The first kappa shape index (κ1) is 11.5. The second-order valence-corrected chi connectivity index (χ2v) is 4.29. The molecule has 0 aliphatic heterocycles. The molecule has 2 aromatic rings. The summed E-state index contributed by atoms with van der Waals surface area (Å²) in [5, 5.41) is 16.3. The van der Waals surface area contributed by atoms with Crippen molar-refractivity contribution in [2.24, 2.45) is 0 Å². The van der Waals surface area contributed by atoms with Crippen LogP contribution in [-0.2, 0) is 5.11 Å². The lowest BCUT2D eigenvalue weighted by molar-refractivity contribution is 0.0939. The molecule has 0 atom stereocenters. The molecule has 0 spiro atoms. The van der Waals surface area contributed by atoms with Crippen molar-refractivity contribution in [2.75, 3.05) is 0 Å². The number of fused-ring (bicyclic) bond motifs is 1. The molecular weight excluding hydrogens is 214 g/mol. The van der Waals surface area contributed by atoms with Crippen molar-refractivity contribution in [1.82, 2.24) is 5.32 Å². The smallest absolute Gasteiger partial charge is 0.255 e. The van der Waals surface area contributed by atoms with Crippen molar-refractivity contribution in [1.29, 1.82) is 0 Å². The average Bonchev–Trinajstić information content (AvgIpc) is 2.28. The normalized spacial score (nSPS) is 10.8. The van der Waals surface area contributed by atoms with Gasteiger partial charge >= 0.3 is 0 Å². The lowest BCUT2D eigenvalue weighted by Gasteiger charge is -2.09. The summed E-state index contributed by atoms with van der Waals surface area (Å²) in [6.45, 7) is 3.73. The first-order valence-electron chi connectivity index (χ1n) is 5.59. The average molecular weight is 228 g/mol. The van der Waals surface area contributed by atoms with E-state index in [4.69, 9.17) is 0 Å². The molecule has 0 aliphatic carbocycles. The Bertz CT molecular complexity index is 561. The molecule has 2 aromatic carbocycles. The van der Waals surface area contributed by atoms with Crippen LogP contribution >= 0.6 is 0 Å². The zero-order valence-electron chi connectivity index (χ0n) is 9.86. The van der Waals surface area contributed by atoms with Gasteiger partial charge in [-0.2, -0.15) is 0 Å². The third-order valence-corrected chi connectivity index (χ3v) is 2.54. The molecule has 1 amide bonds. The van der Waals surface area contributed by atoms with E-state index in [1.165, 1.54) is 0 Å². The highest BCUT2D eigenvalue weighted by Crippen LogP contribution is 2.29. The zero-order chi connectivity index (χ0) is 12.4. The topological polar surface area (TPSA) is 49.0 Å². The molecule has 0 saturated carbocycles. The maximum Gasteiger partial charge on any atom is 0.255 e. The molecule has 0 heterocycles. The van der Waals surface area contributed by atoms with E-state index in [0.29, 0.717) is 5.39 Å². The van der Waals surface area contributed by atoms with Crippen LogP contribution in [0, 0.1) is 0 Å². The van der Waals surface area contributed by atoms with Crippen LogP contribution in [0.4, 0.5) is 0 Å². The number of amides is 1. The third kappa shape index (κ3) is 2.23. The Morgan fingerprint density at radius 3 is 2.53 bits per heavy atom. The Hall–Kier alpha value is -2.03. The van der Waals surface area contributed by atoms with Crippen LogP contribution in [0.15, 0.2) is 36.4 Å². The number of nitrogens with one attached hydrogen (secondary N) is 1. The Balaban J connectivity index is 2.49. The Morgan fingerprint density at radius 2 is 1.82 bits per heavy atom. The summed E-state index contributed by atoms with van der Waals surface area (Å²) in [5.41, 5.74) is 0.206. The van der Waals surface area contributed by atoms with Crippen molar-refractivity contribution < 1.29 is 9.90 Å². The van der Waals surface area contributed by atoms with Crippen molar-refractivity contribution in [3.8, 4) is 5.75 Å². The van der Waals surface area contributed by atoms with Gasteiger partial charge in [-0.1, -0.05) is 30.3 Å². The molecule has 3 heteroatoms. The maximum absolute atomic E-state index is 12.1. The number of carbonyl (C=O) groups is 1. The van der Waals surface area contributed by atoms with E-state index in [2.05, 4.69) is 5.32 Å². The summed E-state index contributed by atoms with van der Waals surface area (Å²) in [6, 6.07) is 10.7. The van der Waals surface area contributed by atoms with E-state index < -0.39 is 0 Å². The molecule has 2 rings (SSSR count).